The van der Waals surface area contributed by atoms with Crippen molar-refractivity contribution < 1.29 is 18.4 Å². The van der Waals surface area contributed by atoms with Crippen LogP contribution < -0.4 is 22.0 Å². The first-order valence-corrected chi connectivity index (χ1v) is 14.4. The van der Waals surface area contributed by atoms with Gasteiger partial charge >= 0.3 is 11.7 Å². The Kier molecular flexibility index (Phi) is 7.97. The maximum atomic E-state index is 14.9. The van der Waals surface area contributed by atoms with Gasteiger partial charge in [-0.1, -0.05) is 18.2 Å². The minimum atomic E-state index is -0.815. The Labute approximate surface area is 257 Å². The molecule has 230 valence electrons. The minimum absolute atomic E-state index is 0.232. The van der Waals surface area contributed by atoms with Crippen LogP contribution >= 0.6 is 11.3 Å². The van der Waals surface area contributed by atoms with E-state index in [9.17, 15) is 23.2 Å². The van der Waals surface area contributed by atoms with Crippen LogP contribution in [0, 0.1) is 11.6 Å². The molecule has 0 fully saturated rings. The number of carbonyl (C=O) groups excluding carboxylic acids is 1. The maximum absolute atomic E-state index is 14.9. The molecule has 0 aliphatic rings. The van der Waals surface area contributed by atoms with Gasteiger partial charge in [-0.25, -0.2) is 28.4 Å². The number of rotatable bonds is 8. The molecule has 0 radical (unpaired) electrons. The summed E-state index contributed by atoms with van der Waals surface area (Å²) < 4.78 is 33.6. The molecule has 0 aliphatic carbocycles. The van der Waals surface area contributed by atoms with Crippen LogP contribution in [0.5, 0.6) is 0 Å². The van der Waals surface area contributed by atoms with Crippen LogP contribution in [-0.2, 0) is 17.9 Å². The quantitative estimate of drug-likeness (QED) is 0.243. The molecule has 12 nitrogen and oxygen atoms in total. The fourth-order valence-electron chi connectivity index (χ4n) is 5.08. The molecular weight excluding hydrogens is 606 g/mol. The van der Waals surface area contributed by atoms with Crippen LogP contribution in [0.15, 0.2) is 76.7 Å². The zero-order chi connectivity index (χ0) is 31.8. The number of amides is 2. The lowest BCUT2D eigenvalue weighted by molar-refractivity contribution is 0.114. The van der Waals surface area contributed by atoms with Gasteiger partial charge in [-0.05, 0) is 61.6 Å². The summed E-state index contributed by atoms with van der Waals surface area (Å²) in [6.45, 7) is -0.140. The fraction of sp³-hybridized carbons (Fsp3) is 0.167. The molecule has 0 saturated heterocycles. The minimum Gasteiger partial charge on any atom is -0.306 e. The maximum Gasteiger partial charge on any atom is 0.343 e. The number of aromatic nitrogens is 5. The average Bonchev–Trinajstić information content (AvgIpc) is 3.62. The van der Waals surface area contributed by atoms with Crippen molar-refractivity contribution in [3.8, 4) is 16.1 Å². The SMILES string of the molecule is CONC(=O)Nc1ccc(-c2sc3c(c2CN(C)C)c(=O)n(-c2ccc4nncn4c2)c(=O)n3Cc2c(F)cccc2F)cc1. The monoisotopic (exact) mass is 632 g/mol. The Morgan fingerprint density at radius 1 is 1.02 bits per heavy atom. The van der Waals surface area contributed by atoms with E-state index < -0.39 is 35.5 Å². The van der Waals surface area contributed by atoms with Crippen molar-refractivity contribution in [3.63, 3.8) is 0 Å². The van der Waals surface area contributed by atoms with E-state index in [1.165, 1.54) is 35.4 Å². The summed E-state index contributed by atoms with van der Waals surface area (Å²) in [7, 11) is 5.01. The van der Waals surface area contributed by atoms with Gasteiger partial charge in [0, 0.05) is 28.9 Å². The summed E-state index contributed by atoms with van der Waals surface area (Å²) >= 11 is 1.17. The van der Waals surface area contributed by atoms with Crippen LogP contribution in [0.2, 0.25) is 0 Å². The molecule has 6 aromatic rings. The number of nitrogens with zero attached hydrogens (tertiary/aromatic N) is 6. The lowest BCUT2D eigenvalue weighted by Gasteiger charge is -2.15. The van der Waals surface area contributed by atoms with Gasteiger partial charge in [0.05, 0.1) is 24.7 Å². The van der Waals surface area contributed by atoms with Crippen LogP contribution in [0.1, 0.15) is 11.1 Å². The fourth-order valence-corrected chi connectivity index (χ4v) is 6.38. The first-order chi connectivity index (χ1) is 21.7. The number of anilines is 1. The Bertz CT molecular complexity index is 2170. The van der Waals surface area contributed by atoms with Crippen LogP contribution in [0.4, 0.5) is 19.3 Å². The third-order valence-electron chi connectivity index (χ3n) is 7.06. The second kappa shape index (κ2) is 12.0. The number of carbonyl (C=O) groups is 1. The van der Waals surface area contributed by atoms with Gasteiger partial charge in [-0.3, -0.25) is 18.6 Å². The Balaban J connectivity index is 1.62. The van der Waals surface area contributed by atoms with E-state index in [0.717, 1.165) is 16.7 Å². The van der Waals surface area contributed by atoms with E-state index in [1.807, 2.05) is 19.0 Å². The molecule has 0 unspecified atom stereocenters. The van der Waals surface area contributed by atoms with E-state index in [0.29, 0.717) is 33.9 Å². The number of halogens is 2. The second-order valence-electron chi connectivity index (χ2n) is 10.4. The number of urea groups is 1. The summed E-state index contributed by atoms with van der Waals surface area (Å²) in [5.74, 6) is -1.63. The third kappa shape index (κ3) is 5.59. The molecule has 45 heavy (non-hydrogen) atoms. The van der Waals surface area contributed by atoms with Gasteiger partial charge in [-0.15, -0.1) is 21.5 Å². The summed E-state index contributed by atoms with van der Waals surface area (Å²) in [6, 6.07) is 13.0. The molecule has 2 amide bonds. The first kappa shape index (κ1) is 29.8. The summed E-state index contributed by atoms with van der Waals surface area (Å²) in [5.41, 5.74) is 3.08. The highest BCUT2D eigenvalue weighted by molar-refractivity contribution is 7.22. The molecule has 2 aromatic carbocycles. The van der Waals surface area contributed by atoms with Crippen molar-refractivity contribution in [2.24, 2.45) is 0 Å². The lowest BCUT2D eigenvalue weighted by Crippen LogP contribution is -2.39. The molecule has 0 saturated carbocycles. The third-order valence-corrected chi connectivity index (χ3v) is 8.36. The van der Waals surface area contributed by atoms with Crippen molar-refractivity contribution >= 4 is 38.9 Å². The predicted octanol–water partition coefficient (Wildman–Crippen LogP) is 3.99. The zero-order valence-corrected chi connectivity index (χ0v) is 25.1. The topological polar surface area (TPSA) is 128 Å². The van der Waals surface area contributed by atoms with E-state index in [-0.39, 0.29) is 21.5 Å². The Morgan fingerprint density at radius 3 is 2.44 bits per heavy atom. The van der Waals surface area contributed by atoms with Gasteiger partial charge in [-0.2, -0.15) is 0 Å². The number of nitrogens with one attached hydrogen (secondary N) is 2. The van der Waals surface area contributed by atoms with Crippen molar-refractivity contribution in [3.05, 3.63) is 111 Å². The second-order valence-corrected chi connectivity index (χ2v) is 11.4. The number of benzene rings is 2. The van der Waals surface area contributed by atoms with Crippen molar-refractivity contribution in [2.75, 3.05) is 26.5 Å². The number of pyridine rings is 1. The smallest absolute Gasteiger partial charge is 0.306 e. The highest BCUT2D eigenvalue weighted by atomic mass is 32.1. The number of thiophene rings is 1. The molecule has 4 heterocycles. The highest BCUT2D eigenvalue weighted by Gasteiger charge is 2.25. The van der Waals surface area contributed by atoms with Crippen molar-refractivity contribution in [1.82, 2.24) is 34.1 Å². The average molecular weight is 633 g/mol. The summed E-state index contributed by atoms with van der Waals surface area (Å²) in [6.07, 6.45) is 2.98. The highest BCUT2D eigenvalue weighted by Crippen LogP contribution is 2.38. The Morgan fingerprint density at radius 2 is 1.76 bits per heavy atom. The van der Waals surface area contributed by atoms with Crippen molar-refractivity contribution in [2.45, 2.75) is 13.1 Å². The number of fused-ring (bicyclic) bond motifs is 2. The molecular formula is C30H26F2N8O4S. The molecule has 2 N–H and O–H groups in total. The molecule has 6 rings (SSSR count). The first-order valence-electron chi connectivity index (χ1n) is 13.5. The predicted molar refractivity (Wildman–Crippen MR) is 166 cm³/mol. The van der Waals surface area contributed by atoms with Crippen LogP contribution in [0.3, 0.4) is 0 Å². The molecule has 0 bridgehead atoms. The van der Waals surface area contributed by atoms with Gasteiger partial charge in [0.2, 0.25) is 0 Å². The van der Waals surface area contributed by atoms with E-state index in [2.05, 4.69) is 25.8 Å². The molecule has 4 aromatic heterocycles. The number of hydrogen-bond donors (Lipinski definition) is 2. The molecule has 0 aliphatic heterocycles. The van der Waals surface area contributed by atoms with Gasteiger partial charge in [0.1, 0.15) is 22.8 Å². The van der Waals surface area contributed by atoms with Gasteiger partial charge in [0.25, 0.3) is 5.56 Å². The number of hydroxylamine groups is 1. The van der Waals surface area contributed by atoms with E-state index in [4.69, 9.17) is 0 Å². The molecule has 15 heteroatoms. The molecule has 0 spiro atoms. The van der Waals surface area contributed by atoms with Gasteiger partial charge < -0.3 is 10.2 Å². The van der Waals surface area contributed by atoms with Crippen LogP contribution in [0.25, 0.3) is 32.0 Å². The van der Waals surface area contributed by atoms with E-state index >= 15 is 0 Å². The van der Waals surface area contributed by atoms with Gasteiger partial charge in [0.15, 0.2) is 5.65 Å². The Hall–Kier alpha value is -5.25. The lowest BCUT2D eigenvalue weighted by atomic mass is 10.1. The normalized spacial score (nSPS) is 11.5. The standard InChI is InChI=1S/C30H26F2N8O4S/c1-37(2)14-21-25-27(41)40(19-11-12-24-35-33-16-38(24)13-19)30(43)39(15-20-22(31)5-4-6-23(20)32)28(25)45-26(21)17-7-9-18(10-8-17)34-29(42)36-44-3/h4-13,16H,14-15H2,1-3H3,(H2,34,36,42). The summed E-state index contributed by atoms with van der Waals surface area (Å²) in [5, 5.41) is 10.7. The largest absolute Gasteiger partial charge is 0.343 e. The summed E-state index contributed by atoms with van der Waals surface area (Å²) in [4.78, 5) is 47.8. The number of hydrogen-bond acceptors (Lipinski definition) is 8. The zero-order valence-electron chi connectivity index (χ0n) is 24.2. The molecule has 0 atom stereocenters. The van der Waals surface area contributed by atoms with Crippen LogP contribution in [-0.4, -0.2) is 55.9 Å². The van der Waals surface area contributed by atoms with Crippen molar-refractivity contribution in [1.29, 1.82) is 0 Å². The van der Waals surface area contributed by atoms with E-state index in [1.54, 1.807) is 47.0 Å².